The first-order chi connectivity index (χ1) is 13.9. The van der Waals surface area contributed by atoms with Gasteiger partial charge in [-0.3, -0.25) is 9.59 Å². The van der Waals surface area contributed by atoms with Gasteiger partial charge in [0.2, 0.25) is 11.8 Å². The molecule has 152 valence electrons. The Balaban J connectivity index is 1.37. The van der Waals surface area contributed by atoms with E-state index in [1.807, 2.05) is 29.2 Å². The second-order valence-electron chi connectivity index (χ2n) is 7.29. The van der Waals surface area contributed by atoms with Gasteiger partial charge in [-0.15, -0.1) is 0 Å². The molecule has 0 aliphatic carbocycles. The zero-order chi connectivity index (χ0) is 20.5. The maximum atomic E-state index is 13.4. The molecule has 0 radical (unpaired) electrons. The van der Waals surface area contributed by atoms with Gasteiger partial charge in [-0.25, -0.2) is 4.39 Å². The molecule has 0 saturated carbocycles. The summed E-state index contributed by atoms with van der Waals surface area (Å²) in [4.78, 5) is 30.9. The number of amides is 2. The maximum Gasteiger partial charge on any atom is 0.228 e. The van der Waals surface area contributed by atoms with Gasteiger partial charge in [0, 0.05) is 55.5 Å². The Morgan fingerprint density at radius 1 is 0.966 bits per heavy atom. The molecule has 0 aromatic heterocycles. The van der Waals surface area contributed by atoms with Crippen LogP contribution in [0.2, 0.25) is 10.0 Å². The number of carbonyl (C=O) groups excluding carboxylic acids is 2. The Hall–Kier alpha value is -2.31. The highest BCUT2D eigenvalue weighted by Gasteiger charge is 2.38. The van der Waals surface area contributed by atoms with E-state index in [9.17, 15) is 14.0 Å². The van der Waals surface area contributed by atoms with Crippen LogP contribution >= 0.6 is 23.2 Å². The van der Waals surface area contributed by atoms with E-state index in [4.69, 9.17) is 23.2 Å². The summed E-state index contributed by atoms with van der Waals surface area (Å²) in [5.74, 6) is -1.09. The molecule has 2 aliphatic heterocycles. The number of benzene rings is 2. The zero-order valence-corrected chi connectivity index (χ0v) is 17.2. The Kier molecular flexibility index (Phi) is 5.65. The van der Waals surface area contributed by atoms with Gasteiger partial charge < -0.3 is 14.7 Å². The van der Waals surface area contributed by atoms with Crippen LogP contribution in [0.15, 0.2) is 42.5 Å². The molecular weight excluding hydrogens is 416 g/mol. The summed E-state index contributed by atoms with van der Waals surface area (Å²) in [6.07, 6.45) is 0.158. The number of carbonyl (C=O) groups is 2. The minimum Gasteiger partial charge on any atom is -0.368 e. The van der Waals surface area contributed by atoms with Crippen LogP contribution in [0, 0.1) is 11.7 Å². The summed E-state index contributed by atoms with van der Waals surface area (Å²) in [6.45, 7) is 2.96. The summed E-state index contributed by atoms with van der Waals surface area (Å²) >= 11 is 11.8. The molecule has 0 spiro atoms. The van der Waals surface area contributed by atoms with Crippen LogP contribution in [0.1, 0.15) is 6.42 Å². The molecule has 2 aliphatic rings. The standard InChI is InChI=1S/C21H20Cl2FN3O2/c22-15-1-3-16(4-2-15)25-7-9-26(10-8-25)21(29)14-11-20(28)27(13-14)17-5-6-19(24)18(23)12-17/h1-6,12,14H,7-11,13H2. The van der Waals surface area contributed by atoms with Gasteiger partial charge in [-0.2, -0.15) is 0 Å². The van der Waals surface area contributed by atoms with Crippen LogP contribution in [-0.2, 0) is 9.59 Å². The van der Waals surface area contributed by atoms with Crippen molar-refractivity contribution in [2.75, 3.05) is 42.5 Å². The first-order valence-electron chi connectivity index (χ1n) is 9.47. The average molecular weight is 436 g/mol. The van der Waals surface area contributed by atoms with Gasteiger partial charge in [0.1, 0.15) is 5.82 Å². The smallest absolute Gasteiger partial charge is 0.228 e. The van der Waals surface area contributed by atoms with E-state index in [-0.39, 0.29) is 29.8 Å². The zero-order valence-electron chi connectivity index (χ0n) is 15.7. The molecule has 8 heteroatoms. The molecule has 1 unspecified atom stereocenters. The summed E-state index contributed by atoms with van der Waals surface area (Å²) in [5.41, 5.74) is 1.60. The molecule has 2 heterocycles. The summed E-state index contributed by atoms with van der Waals surface area (Å²) in [7, 11) is 0. The minimum absolute atomic E-state index is 0.00943. The molecule has 2 fully saturated rings. The van der Waals surface area contributed by atoms with Crippen molar-refractivity contribution in [1.82, 2.24) is 4.90 Å². The van der Waals surface area contributed by atoms with Crippen LogP contribution < -0.4 is 9.80 Å². The second-order valence-corrected chi connectivity index (χ2v) is 8.14. The van der Waals surface area contributed by atoms with Gasteiger partial charge in [-0.1, -0.05) is 23.2 Å². The van der Waals surface area contributed by atoms with Crippen molar-refractivity contribution >= 4 is 46.4 Å². The van der Waals surface area contributed by atoms with Crippen molar-refractivity contribution in [3.63, 3.8) is 0 Å². The van der Waals surface area contributed by atoms with Gasteiger partial charge in [0.25, 0.3) is 0 Å². The first-order valence-corrected chi connectivity index (χ1v) is 10.2. The number of hydrogen-bond acceptors (Lipinski definition) is 3. The summed E-state index contributed by atoms with van der Waals surface area (Å²) in [5, 5.41) is 0.656. The molecular formula is C21H20Cl2FN3O2. The highest BCUT2D eigenvalue weighted by atomic mass is 35.5. The molecule has 2 saturated heterocycles. The molecule has 1 atom stereocenters. The van der Waals surface area contributed by atoms with Crippen molar-refractivity contribution < 1.29 is 14.0 Å². The summed E-state index contributed by atoms with van der Waals surface area (Å²) in [6, 6.07) is 11.8. The SMILES string of the molecule is O=C(C1CC(=O)N(c2ccc(F)c(Cl)c2)C1)N1CCN(c2ccc(Cl)cc2)CC1. The normalized spacial score (nSPS) is 19.8. The lowest BCUT2D eigenvalue weighted by Crippen LogP contribution is -2.50. The first kappa shape index (κ1) is 20.0. The lowest BCUT2D eigenvalue weighted by molar-refractivity contribution is -0.136. The quantitative estimate of drug-likeness (QED) is 0.735. The van der Waals surface area contributed by atoms with Gasteiger partial charge in [0.15, 0.2) is 0 Å². The molecule has 0 bridgehead atoms. The molecule has 2 aromatic rings. The van der Waals surface area contributed by atoms with E-state index >= 15 is 0 Å². The number of halogens is 3. The fraction of sp³-hybridized carbons (Fsp3) is 0.333. The van der Waals surface area contributed by atoms with E-state index in [2.05, 4.69) is 4.90 Å². The summed E-state index contributed by atoms with van der Waals surface area (Å²) < 4.78 is 13.4. The maximum absolute atomic E-state index is 13.4. The Bertz CT molecular complexity index is 930. The fourth-order valence-electron chi connectivity index (χ4n) is 3.87. The van der Waals surface area contributed by atoms with Crippen LogP contribution in [0.25, 0.3) is 0 Å². The second kappa shape index (κ2) is 8.20. The average Bonchev–Trinajstić information content (AvgIpc) is 3.12. The molecule has 2 amide bonds. The Labute approximate surface area is 178 Å². The lowest BCUT2D eigenvalue weighted by Gasteiger charge is -2.37. The topological polar surface area (TPSA) is 43.9 Å². The minimum atomic E-state index is -0.534. The van der Waals surface area contributed by atoms with Gasteiger partial charge >= 0.3 is 0 Å². The van der Waals surface area contributed by atoms with E-state index < -0.39 is 11.7 Å². The molecule has 2 aromatic carbocycles. The molecule has 4 rings (SSSR count). The Morgan fingerprint density at radius 2 is 1.62 bits per heavy atom. The highest BCUT2D eigenvalue weighted by molar-refractivity contribution is 6.31. The predicted octanol–water partition coefficient (Wildman–Crippen LogP) is 3.83. The van der Waals surface area contributed by atoms with Crippen molar-refractivity contribution in [2.45, 2.75) is 6.42 Å². The van der Waals surface area contributed by atoms with Crippen LogP contribution in [0.5, 0.6) is 0 Å². The molecule has 29 heavy (non-hydrogen) atoms. The van der Waals surface area contributed by atoms with Crippen LogP contribution in [0.4, 0.5) is 15.8 Å². The number of hydrogen-bond donors (Lipinski definition) is 0. The van der Waals surface area contributed by atoms with Gasteiger partial charge in [-0.05, 0) is 42.5 Å². The Morgan fingerprint density at radius 3 is 2.28 bits per heavy atom. The molecule has 5 nitrogen and oxygen atoms in total. The van der Waals surface area contributed by atoms with E-state index in [1.54, 1.807) is 0 Å². The number of anilines is 2. The predicted molar refractivity (Wildman–Crippen MR) is 112 cm³/mol. The van der Waals surface area contributed by atoms with E-state index in [0.717, 1.165) is 18.8 Å². The van der Waals surface area contributed by atoms with Crippen molar-refractivity contribution in [2.24, 2.45) is 5.92 Å². The number of nitrogens with zero attached hydrogens (tertiary/aromatic N) is 3. The third-order valence-electron chi connectivity index (χ3n) is 5.47. The van der Waals surface area contributed by atoms with Crippen molar-refractivity contribution in [3.05, 3.63) is 58.3 Å². The van der Waals surface area contributed by atoms with Crippen molar-refractivity contribution in [3.8, 4) is 0 Å². The van der Waals surface area contributed by atoms with Crippen molar-refractivity contribution in [1.29, 1.82) is 0 Å². The monoisotopic (exact) mass is 435 g/mol. The third kappa shape index (κ3) is 4.19. The molecule has 0 N–H and O–H groups in total. The lowest BCUT2D eigenvalue weighted by atomic mass is 10.1. The van der Waals surface area contributed by atoms with E-state index in [0.29, 0.717) is 23.8 Å². The van der Waals surface area contributed by atoms with Crippen LogP contribution in [0.3, 0.4) is 0 Å². The largest absolute Gasteiger partial charge is 0.368 e. The number of rotatable bonds is 3. The third-order valence-corrected chi connectivity index (χ3v) is 6.01. The van der Waals surface area contributed by atoms with Crippen LogP contribution in [-0.4, -0.2) is 49.4 Å². The van der Waals surface area contributed by atoms with Gasteiger partial charge in [0.05, 0.1) is 10.9 Å². The number of piperazine rings is 1. The van der Waals surface area contributed by atoms with E-state index in [1.165, 1.54) is 23.1 Å². The fourth-order valence-corrected chi connectivity index (χ4v) is 4.17. The highest BCUT2D eigenvalue weighted by Crippen LogP contribution is 2.30.